The lowest BCUT2D eigenvalue weighted by atomic mass is 10.0. The highest BCUT2D eigenvalue weighted by Gasteiger charge is 2.20. The zero-order valence-electron chi connectivity index (χ0n) is 14.3. The van der Waals surface area contributed by atoms with Gasteiger partial charge in [0.05, 0.1) is 6.26 Å². The number of aliphatic hydroxyl groups is 1. The van der Waals surface area contributed by atoms with Crippen molar-refractivity contribution >= 4 is 17.1 Å². The Morgan fingerprint density at radius 3 is 2.84 bits per heavy atom. The van der Waals surface area contributed by atoms with Crippen molar-refractivity contribution in [3.8, 4) is 0 Å². The lowest BCUT2D eigenvalue weighted by Gasteiger charge is -2.19. The van der Waals surface area contributed by atoms with Crippen LogP contribution in [0.1, 0.15) is 38.2 Å². The highest BCUT2D eigenvalue weighted by atomic mass is 16.6. The molecule has 0 fully saturated rings. The minimum Gasteiger partial charge on any atom is -0.467 e. The fourth-order valence-electron chi connectivity index (χ4n) is 2.46. The van der Waals surface area contributed by atoms with Gasteiger partial charge in [-0.3, -0.25) is 0 Å². The van der Waals surface area contributed by atoms with Crippen LogP contribution >= 0.6 is 0 Å². The second kappa shape index (κ2) is 6.56. The van der Waals surface area contributed by atoms with Crippen LogP contribution in [0.3, 0.4) is 0 Å². The van der Waals surface area contributed by atoms with Gasteiger partial charge in [0.2, 0.25) is 0 Å². The van der Waals surface area contributed by atoms with E-state index in [1.165, 1.54) is 11.1 Å². The summed E-state index contributed by atoms with van der Waals surface area (Å²) in [4.78, 5) is 13.3. The topological polar surface area (TPSA) is 102 Å². The molecule has 0 aliphatic heterocycles. The van der Waals surface area contributed by atoms with Crippen LogP contribution in [0.15, 0.2) is 41.0 Å². The summed E-state index contributed by atoms with van der Waals surface area (Å²) >= 11 is 0. The number of carbonyl (C=O) groups excluding carboxylic acids is 1. The first kappa shape index (κ1) is 17.0. The maximum absolute atomic E-state index is 12.0. The van der Waals surface area contributed by atoms with Crippen LogP contribution in [-0.4, -0.2) is 31.9 Å². The van der Waals surface area contributed by atoms with E-state index in [2.05, 4.69) is 15.7 Å². The Morgan fingerprint density at radius 2 is 2.16 bits per heavy atom. The molecule has 0 saturated heterocycles. The van der Waals surface area contributed by atoms with Crippen LogP contribution < -0.4 is 5.43 Å². The molecule has 1 amide bonds. The number of para-hydroxylation sites is 1. The summed E-state index contributed by atoms with van der Waals surface area (Å²) in [5.41, 5.74) is 3.88. The number of aliphatic hydroxyl groups excluding tert-OH is 1. The van der Waals surface area contributed by atoms with Gasteiger partial charge in [0.15, 0.2) is 0 Å². The lowest BCUT2D eigenvalue weighted by molar-refractivity contribution is 0.0610. The average Bonchev–Trinajstić information content (AvgIpc) is 3.16. The number of hydrogen-bond donors (Lipinski definition) is 2. The fourth-order valence-corrected chi connectivity index (χ4v) is 2.46. The van der Waals surface area contributed by atoms with Crippen LogP contribution in [-0.2, 0) is 11.2 Å². The molecule has 3 rings (SSSR count). The third-order valence-electron chi connectivity index (χ3n) is 3.43. The molecule has 2 heterocycles. The fraction of sp³-hybridized carbons (Fsp3) is 0.353. The van der Waals surface area contributed by atoms with Gasteiger partial charge in [0, 0.05) is 6.42 Å². The number of nitrogens with zero attached hydrogens (tertiary/aromatic N) is 3. The first-order valence-electron chi connectivity index (χ1n) is 7.88. The molecule has 3 aromatic rings. The Hall–Kier alpha value is -2.87. The zero-order chi connectivity index (χ0) is 18.0. The highest BCUT2D eigenvalue weighted by Crippen LogP contribution is 2.23. The lowest BCUT2D eigenvalue weighted by Crippen LogP contribution is -2.32. The van der Waals surface area contributed by atoms with E-state index in [9.17, 15) is 9.90 Å². The number of aromatic nitrogens is 3. The summed E-state index contributed by atoms with van der Waals surface area (Å²) < 4.78 is 10.5. The third kappa shape index (κ3) is 3.97. The number of hydrogen-bond acceptors (Lipinski definition) is 6. The predicted octanol–water partition coefficient (Wildman–Crippen LogP) is 2.78. The van der Waals surface area contributed by atoms with Crippen molar-refractivity contribution in [2.45, 2.75) is 38.9 Å². The summed E-state index contributed by atoms with van der Waals surface area (Å²) in [5.74, 6) is 0.469. The van der Waals surface area contributed by atoms with Gasteiger partial charge >= 0.3 is 6.09 Å². The predicted molar refractivity (Wildman–Crippen MR) is 90.5 cm³/mol. The number of carbonyl (C=O) groups is 1. The maximum atomic E-state index is 12.0. The summed E-state index contributed by atoms with van der Waals surface area (Å²) in [6, 6.07) is 8.86. The average molecular weight is 344 g/mol. The molecule has 8 heteroatoms. The van der Waals surface area contributed by atoms with E-state index in [-0.39, 0.29) is 6.42 Å². The molecule has 0 spiro atoms. The minimum absolute atomic E-state index is 0.286. The number of ether oxygens (including phenoxy) is 1. The first-order valence-corrected chi connectivity index (χ1v) is 7.88. The molecular weight excluding hydrogens is 324 g/mol. The molecule has 1 unspecified atom stereocenters. The van der Waals surface area contributed by atoms with Gasteiger partial charge in [0.25, 0.3) is 0 Å². The maximum Gasteiger partial charge on any atom is 0.428 e. The van der Waals surface area contributed by atoms with Crippen LogP contribution in [0.25, 0.3) is 11.0 Å². The monoisotopic (exact) mass is 344 g/mol. The van der Waals surface area contributed by atoms with Crippen LogP contribution in [0.4, 0.5) is 4.79 Å². The first-order chi connectivity index (χ1) is 11.8. The highest BCUT2D eigenvalue weighted by molar-refractivity contribution is 5.82. The Bertz CT molecular complexity index is 865. The van der Waals surface area contributed by atoms with Crippen LogP contribution in [0.2, 0.25) is 0 Å². The van der Waals surface area contributed by atoms with Crippen molar-refractivity contribution in [2.24, 2.45) is 0 Å². The summed E-state index contributed by atoms with van der Waals surface area (Å²) in [6.45, 7) is 5.32. The molecule has 0 saturated carbocycles. The number of amides is 1. The smallest absolute Gasteiger partial charge is 0.428 e. The summed E-state index contributed by atoms with van der Waals surface area (Å²) in [6.07, 6.45) is 0.342. The van der Waals surface area contributed by atoms with Crippen LogP contribution in [0.5, 0.6) is 0 Å². The second-order valence-corrected chi connectivity index (χ2v) is 6.64. The van der Waals surface area contributed by atoms with Crippen molar-refractivity contribution in [3.05, 3.63) is 47.9 Å². The quantitative estimate of drug-likeness (QED) is 0.754. The van der Waals surface area contributed by atoms with E-state index in [4.69, 9.17) is 9.15 Å². The van der Waals surface area contributed by atoms with Crippen molar-refractivity contribution in [1.29, 1.82) is 0 Å². The number of fused-ring (bicyclic) bond motifs is 1. The van der Waals surface area contributed by atoms with Gasteiger partial charge in [-0.05, 0) is 49.7 Å². The summed E-state index contributed by atoms with van der Waals surface area (Å²) in [5, 5.41) is 18.3. The summed E-state index contributed by atoms with van der Waals surface area (Å²) in [7, 11) is 0. The van der Waals surface area contributed by atoms with Gasteiger partial charge in [-0.1, -0.05) is 12.1 Å². The largest absolute Gasteiger partial charge is 0.467 e. The number of nitrogens with one attached hydrogen (secondary N) is 1. The van der Waals surface area contributed by atoms with Crippen molar-refractivity contribution in [2.75, 3.05) is 5.43 Å². The van der Waals surface area contributed by atoms with Crippen molar-refractivity contribution in [1.82, 2.24) is 15.1 Å². The van der Waals surface area contributed by atoms with Gasteiger partial charge < -0.3 is 14.3 Å². The zero-order valence-corrected chi connectivity index (χ0v) is 14.3. The molecule has 0 aliphatic carbocycles. The Morgan fingerprint density at radius 1 is 1.36 bits per heavy atom. The van der Waals surface area contributed by atoms with Gasteiger partial charge in [-0.15, -0.1) is 9.89 Å². The Labute approximate surface area is 144 Å². The van der Waals surface area contributed by atoms with Crippen LogP contribution in [0, 0.1) is 0 Å². The van der Waals surface area contributed by atoms with E-state index < -0.39 is 17.8 Å². The second-order valence-electron chi connectivity index (χ2n) is 6.64. The van der Waals surface area contributed by atoms with Crippen molar-refractivity contribution in [3.63, 3.8) is 0 Å². The third-order valence-corrected chi connectivity index (χ3v) is 3.43. The Balaban J connectivity index is 1.87. The molecule has 1 atom stereocenters. The molecule has 8 nitrogen and oxygen atoms in total. The molecular formula is C17H20N4O4. The molecule has 2 aromatic heterocycles. The SMILES string of the molecule is CC(C)(C)OC(=O)Nn1nnc2cccc(CC(O)c3ccco3)c21. The van der Waals surface area contributed by atoms with Crippen molar-refractivity contribution < 1.29 is 19.1 Å². The molecule has 2 N–H and O–H groups in total. The van der Waals surface area contributed by atoms with E-state index in [0.29, 0.717) is 16.8 Å². The normalized spacial score (nSPS) is 13.0. The van der Waals surface area contributed by atoms with Gasteiger partial charge in [-0.2, -0.15) is 0 Å². The number of rotatable bonds is 4. The van der Waals surface area contributed by atoms with Gasteiger partial charge in [0.1, 0.15) is 28.5 Å². The van der Waals surface area contributed by atoms with Gasteiger partial charge in [-0.25, -0.2) is 10.2 Å². The molecule has 0 bridgehead atoms. The number of furan rings is 1. The van der Waals surface area contributed by atoms with E-state index in [1.807, 2.05) is 12.1 Å². The Kier molecular flexibility index (Phi) is 4.45. The standard InChI is InChI=1S/C17H20N4O4/c1-17(2,3)25-16(23)19-21-15-11(6-4-7-12(15)18-20-21)10-13(22)14-8-5-9-24-14/h4-9,13,22H,10H2,1-3H3,(H,19,23). The molecule has 0 radical (unpaired) electrons. The molecule has 1 aromatic carbocycles. The van der Waals surface area contributed by atoms with E-state index in [1.54, 1.807) is 39.0 Å². The van der Waals surface area contributed by atoms with E-state index in [0.717, 1.165) is 5.56 Å². The molecule has 132 valence electrons. The number of benzene rings is 1. The molecule has 0 aliphatic rings. The minimum atomic E-state index is -0.814. The van der Waals surface area contributed by atoms with E-state index >= 15 is 0 Å². The molecule has 25 heavy (non-hydrogen) atoms.